The fraction of sp³-hybridized carbons (Fsp3) is 0.867. The Bertz CT molecular complexity index is 256. The number of hydrogen-bond donors (Lipinski definition) is 2. The molecular weight excluding hydrogens is 258 g/mol. The van der Waals surface area contributed by atoms with Gasteiger partial charge in [-0.05, 0) is 25.7 Å². The highest BCUT2D eigenvalue weighted by atomic mass is 16.5. The molecule has 20 heavy (non-hydrogen) atoms. The van der Waals surface area contributed by atoms with Crippen LogP contribution in [0.1, 0.15) is 71.6 Å². The molecule has 1 unspecified atom stereocenters. The minimum atomic E-state index is -0.709. The number of carboxylic acid groups (broad SMARTS) is 1. The Morgan fingerprint density at radius 3 is 2.15 bits per heavy atom. The maximum absolute atomic E-state index is 11.3. The molecule has 1 atom stereocenters. The van der Waals surface area contributed by atoms with Gasteiger partial charge in [0.25, 0.3) is 0 Å². The van der Waals surface area contributed by atoms with Crippen molar-refractivity contribution in [1.29, 1.82) is 0 Å². The number of ether oxygens (including phenoxy) is 1. The molecular formula is C15H31NO4. The zero-order valence-electron chi connectivity index (χ0n) is 13.0. The maximum atomic E-state index is 11.3. The van der Waals surface area contributed by atoms with Crippen LogP contribution in [0.4, 0.5) is 0 Å². The van der Waals surface area contributed by atoms with E-state index >= 15 is 0 Å². The molecule has 0 rings (SSSR count). The summed E-state index contributed by atoms with van der Waals surface area (Å²) in [5.41, 5.74) is 0. The van der Waals surface area contributed by atoms with Crippen molar-refractivity contribution in [2.75, 3.05) is 6.61 Å². The second-order valence-electron chi connectivity index (χ2n) is 5.00. The van der Waals surface area contributed by atoms with Gasteiger partial charge in [-0.15, -0.1) is 0 Å². The Morgan fingerprint density at radius 1 is 1.00 bits per heavy atom. The highest BCUT2D eigenvalue weighted by molar-refractivity contribution is 5.70. The van der Waals surface area contributed by atoms with E-state index in [1.807, 2.05) is 0 Å². The van der Waals surface area contributed by atoms with Gasteiger partial charge in [0.05, 0.1) is 12.5 Å². The highest BCUT2D eigenvalue weighted by Crippen LogP contribution is 2.17. The first kappa shape index (κ1) is 21.2. The molecule has 0 aliphatic carbocycles. The van der Waals surface area contributed by atoms with Gasteiger partial charge in [0.15, 0.2) is 0 Å². The molecule has 0 saturated heterocycles. The summed E-state index contributed by atoms with van der Waals surface area (Å²) in [6.07, 6.45) is 7.22. The summed E-state index contributed by atoms with van der Waals surface area (Å²) in [6, 6.07) is 0. The molecule has 0 heterocycles. The SMILES string of the molecule is CCCCOC(=O)CCCCC(CCCC)C(=O)O.N. The fourth-order valence-corrected chi connectivity index (χ4v) is 1.90. The summed E-state index contributed by atoms with van der Waals surface area (Å²) >= 11 is 0. The van der Waals surface area contributed by atoms with Crippen molar-refractivity contribution in [1.82, 2.24) is 6.15 Å². The van der Waals surface area contributed by atoms with Crippen molar-refractivity contribution < 1.29 is 19.4 Å². The van der Waals surface area contributed by atoms with Crippen LogP contribution in [0.2, 0.25) is 0 Å². The van der Waals surface area contributed by atoms with Crippen LogP contribution >= 0.6 is 0 Å². The summed E-state index contributed by atoms with van der Waals surface area (Å²) in [5.74, 6) is -1.12. The standard InChI is InChI=1S/C15H28O4.H3N/c1-3-5-9-13(15(17)18)10-7-8-11-14(16)19-12-6-4-2;/h13H,3-12H2,1-2H3,(H,17,18);1H3. The molecule has 0 aliphatic rings. The van der Waals surface area contributed by atoms with Crippen LogP contribution < -0.4 is 6.15 Å². The van der Waals surface area contributed by atoms with Gasteiger partial charge in [-0.2, -0.15) is 0 Å². The van der Waals surface area contributed by atoms with E-state index in [0.717, 1.165) is 44.9 Å². The third kappa shape index (κ3) is 12.0. The molecule has 0 spiro atoms. The first-order valence-corrected chi connectivity index (χ1v) is 7.50. The largest absolute Gasteiger partial charge is 0.481 e. The van der Waals surface area contributed by atoms with E-state index in [4.69, 9.17) is 9.84 Å². The smallest absolute Gasteiger partial charge is 0.306 e. The molecule has 0 aromatic heterocycles. The summed E-state index contributed by atoms with van der Waals surface area (Å²) in [5, 5.41) is 9.06. The topological polar surface area (TPSA) is 98.6 Å². The van der Waals surface area contributed by atoms with E-state index in [9.17, 15) is 9.59 Å². The monoisotopic (exact) mass is 289 g/mol. The van der Waals surface area contributed by atoms with Crippen molar-refractivity contribution in [3.05, 3.63) is 0 Å². The van der Waals surface area contributed by atoms with Crippen molar-refractivity contribution >= 4 is 11.9 Å². The van der Waals surface area contributed by atoms with E-state index in [1.54, 1.807) is 0 Å². The van der Waals surface area contributed by atoms with Crippen LogP contribution in [0.5, 0.6) is 0 Å². The molecule has 0 bridgehead atoms. The number of unbranched alkanes of at least 4 members (excludes halogenated alkanes) is 3. The first-order chi connectivity index (χ1) is 9.11. The number of hydrogen-bond acceptors (Lipinski definition) is 4. The Morgan fingerprint density at radius 2 is 1.60 bits per heavy atom. The number of esters is 1. The van der Waals surface area contributed by atoms with Gasteiger partial charge in [-0.3, -0.25) is 9.59 Å². The van der Waals surface area contributed by atoms with Crippen LogP contribution in [-0.4, -0.2) is 23.7 Å². The molecule has 0 amide bonds. The molecule has 0 fully saturated rings. The second-order valence-corrected chi connectivity index (χ2v) is 5.00. The van der Waals surface area contributed by atoms with E-state index in [2.05, 4.69) is 13.8 Å². The lowest BCUT2D eigenvalue weighted by atomic mass is 9.96. The lowest BCUT2D eigenvalue weighted by Crippen LogP contribution is -2.14. The summed E-state index contributed by atoms with van der Waals surface area (Å²) in [7, 11) is 0. The second kappa shape index (κ2) is 14.3. The van der Waals surface area contributed by atoms with Crippen LogP contribution in [0, 0.1) is 5.92 Å². The van der Waals surface area contributed by atoms with E-state index in [0.29, 0.717) is 19.4 Å². The fourth-order valence-electron chi connectivity index (χ4n) is 1.90. The third-order valence-electron chi connectivity index (χ3n) is 3.20. The van der Waals surface area contributed by atoms with Crippen molar-refractivity contribution in [2.24, 2.45) is 5.92 Å². The molecule has 0 saturated carbocycles. The van der Waals surface area contributed by atoms with Crippen LogP contribution in [0.15, 0.2) is 0 Å². The average molecular weight is 289 g/mol. The highest BCUT2D eigenvalue weighted by Gasteiger charge is 2.16. The predicted molar refractivity (Wildman–Crippen MR) is 80.0 cm³/mol. The molecule has 0 aliphatic heterocycles. The summed E-state index contributed by atoms with van der Waals surface area (Å²) in [4.78, 5) is 22.3. The number of carbonyl (C=O) groups excluding carboxylic acids is 1. The van der Waals surface area contributed by atoms with Crippen LogP contribution in [0.3, 0.4) is 0 Å². The normalized spacial score (nSPS) is 11.5. The molecule has 0 radical (unpaired) electrons. The van der Waals surface area contributed by atoms with Gasteiger partial charge in [0.1, 0.15) is 0 Å². The Labute approximate surface area is 122 Å². The maximum Gasteiger partial charge on any atom is 0.306 e. The minimum absolute atomic E-state index is 0. The predicted octanol–water partition coefficient (Wildman–Crippen LogP) is 3.94. The average Bonchev–Trinajstić information content (AvgIpc) is 2.37. The van der Waals surface area contributed by atoms with E-state index in [1.165, 1.54) is 0 Å². The van der Waals surface area contributed by atoms with E-state index < -0.39 is 5.97 Å². The number of aliphatic carboxylic acids is 1. The van der Waals surface area contributed by atoms with Gasteiger partial charge in [0.2, 0.25) is 0 Å². The van der Waals surface area contributed by atoms with Crippen LogP contribution in [0.25, 0.3) is 0 Å². The number of rotatable bonds is 12. The summed E-state index contributed by atoms with van der Waals surface area (Å²) < 4.78 is 5.05. The lowest BCUT2D eigenvalue weighted by molar-refractivity contribution is -0.143. The molecule has 5 nitrogen and oxygen atoms in total. The zero-order valence-corrected chi connectivity index (χ0v) is 13.0. The molecule has 0 aromatic carbocycles. The van der Waals surface area contributed by atoms with Gasteiger partial charge in [0, 0.05) is 6.42 Å². The van der Waals surface area contributed by atoms with E-state index in [-0.39, 0.29) is 18.0 Å². The number of carboxylic acids is 1. The Hall–Kier alpha value is -1.10. The van der Waals surface area contributed by atoms with Crippen molar-refractivity contribution in [3.8, 4) is 0 Å². The number of carbonyl (C=O) groups is 2. The molecule has 0 aromatic rings. The van der Waals surface area contributed by atoms with Gasteiger partial charge < -0.3 is 16.0 Å². The lowest BCUT2D eigenvalue weighted by Gasteiger charge is -2.11. The quantitative estimate of drug-likeness (QED) is 0.419. The summed E-state index contributed by atoms with van der Waals surface area (Å²) in [6.45, 7) is 4.62. The van der Waals surface area contributed by atoms with Crippen LogP contribution in [-0.2, 0) is 14.3 Å². The Kier molecular flexibility index (Phi) is 15.2. The van der Waals surface area contributed by atoms with Crippen molar-refractivity contribution in [3.63, 3.8) is 0 Å². The van der Waals surface area contributed by atoms with Gasteiger partial charge in [-0.1, -0.05) is 39.5 Å². The molecule has 120 valence electrons. The van der Waals surface area contributed by atoms with Crippen molar-refractivity contribution in [2.45, 2.75) is 71.6 Å². The first-order valence-electron chi connectivity index (χ1n) is 7.50. The molecule has 4 N–H and O–H groups in total. The van der Waals surface area contributed by atoms with Gasteiger partial charge >= 0.3 is 11.9 Å². The van der Waals surface area contributed by atoms with Gasteiger partial charge in [-0.25, -0.2) is 0 Å². The third-order valence-corrected chi connectivity index (χ3v) is 3.20. The minimum Gasteiger partial charge on any atom is -0.481 e. The zero-order chi connectivity index (χ0) is 14.5. The Balaban J connectivity index is 0. The molecule has 5 heteroatoms.